The number of hydrogen-bond donors (Lipinski definition) is 1. The topological polar surface area (TPSA) is 30.5 Å². The standard InChI is InChI=1S/C20H24FNO2S.ClH/c1-23-17-5-9-25-19(17)13-22-8-4-14-10-15(21)11-18-16(14)12-20(24-18)6-2-3-7-20;/h5,9-11,22H,2-4,6-8,12-13H2,1H3;1H. The van der Waals surface area contributed by atoms with E-state index in [4.69, 9.17) is 9.47 Å². The number of benzene rings is 1. The summed E-state index contributed by atoms with van der Waals surface area (Å²) in [4.78, 5) is 1.19. The first-order valence-electron chi connectivity index (χ1n) is 9.00. The summed E-state index contributed by atoms with van der Waals surface area (Å²) < 4.78 is 25.5. The van der Waals surface area contributed by atoms with Crippen LogP contribution in [0.1, 0.15) is 41.7 Å². The molecule has 1 aliphatic carbocycles. The van der Waals surface area contributed by atoms with Gasteiger partial charge in [0.05, 0.1) is 12.0 Å². The third-order valence-electron chi connectivity index (χ3n) is 5.39. The van der Waals surface area contributed by atoms with Crippen LogP contribution in [0.3, 0.4) is 0 Å². The number of halogens is 2. The van der Waals surface area contributed by atoms with Crippen LogP contribution in [0.2, 0.25) is 0 Å². The molecule has 1 saturated carbocycles. The predicted molar refractivity (Wildman–Crippen MR) is 105 cm³/mol. The quantitative estimate of drug-likeness (QED) is 0.703. The van der Waals surface area contributed by atoms with E-state index in [0.29, 0.717) is 0 Å². The second-order valence-electron chi connectivity index (χ2n) is 7.05. The third-order valence-corrected chi connectivity index (χ3v) is 6.29. The highest BCUT2D eigenvalue weighted by atomic mass is 35.5. The van der Waals surface area contributed by atoms with Crippen LogP contribution in [0.5, 0.6) is 11.5 Å². The van der Waals surface area contributed by atoms with Crippen molar-refractivity contribution in [3.8, 4) is 11.5 Å². The van der Waals surface area contributed by atoms with E-state index in [9.17, 15) is 4.39 Å². The second-order valence-corrected chi connectivity index (χ2v) is 8.05. The zero-order valence-corrected chi connectivity index (χ0v) is 16.6. The Kier molecular flexibility index (Phi) is 6.10. The SMILES string of the molecule is COc1ccsc1CNCCc1cc(F)cc2c1CC1(CCCC1)O2.Cl. The van der Waals surface area contributed by atoms with E-state index in [-0.39, 0.29) is 23.8 Å². The minimum absolute atomic E-state index is 0. The summed E-state index contributed by atoms with van der Waals surface area (Å²) in [5.74, 6) is 1.52. The molecule has 4 rings (SSSR count). The van der Waals surface area contributed by atoms with Crippen LogP contribution >= 0.6 is 23.7 Å². The second kappa shape index (κ2) is 8.15. The molecule has 0 atom stereocenters. The molecule has 1 aromatic heterocycles. The molecule has 0 unspecified atom stereocenters. The maximum atomic E-state index is 14.0. The molecule has 3 nitrogen and oxygen atoms in total. The molecule has 0 saturated heterocycles. The number of ether oxygens (including phenoxy) is 2. The molecular formula is C20H25ClFNO2S. The molecule has 1 aliphatic heterocycles. The molecule has 142 valence electrons. The summed E-state index contributed by atoms with van der Waals surface area (Å²) in [5.41, 5.74) is 2.26. The highest BCUT2D eigenvalue weighted by Gasteiger charge is 2.42. The van der Waals surface area contributed by atoms with Gasteiger partial charge in [-0.2, -0.15) is 0 Å². The lowest BCUT2D eigenvalue weighted by Gasteiger charge is -2.22. The van der Waals surface area contributed by atoms with Crippen LogP contribution in [0.25, 0.3) is 0 Å². The fourth-order valence-electron chi connectivity index (χ4n) is 4.13. The van der Waals surface area contributed by atoms with Crippen molar-refractivity contribution in [3.05, 3.63) is 45.4 Å². The van der Waals surface area contributed by atoms with Gasteiger partial charge in [0.25, 0.3) is 0 Å². The average Bonchev–Trinajstić information content (AvgIpc) is 3.31. The van der Waals surface area contributed by atoms with E-state index in [1.165, 1.54) is 23.3 Å². The van der Waals surface area contributed by atoms with Crippen LogP contribution < -0.4 is 14.8 Å². The van der Waals surface area contributed by atoms with Crippen LogP contribution in [-0.4, -0.2) is 19.3 Å². The first kappa shape index (κ1) is 19.5. The summed E-state index contributed by atoms with van der Waals surface area (Å²) in [6.07, 6.45) is 6.38. The summed E-state index contributed by atoms with van der Waals surface area (Å²) in [6.45, 7) is 1.59. The summed E-state index contributed by atoms with van der Waals surface area (Å²) in [7, 11) is 1.69. The molecule has 1 N–H and O–H groups in total. The van der Waals surface area contributed by atoms with Crippen molar-refractivity contribution in [1.29, 1.82) is 0 Å². The molecule has 2 aliphatic rings. The Balaban J connectivity index is 0.00000196. The minimum Gasteiger partial charge on any atom is -0.496 e. The highest BCUT2D eigenvalue weighted by Crippen LogP contribution is 2.46. The number of rotatable bonds is 6. The van der Waals surface area contributed by atoms with Gasteiger partial charge in [0.1, 0.15) is 22.9 Å². The largest absolute Gasteiger partial charge is 0.496 e. The Morgan fingerprint density at radius 2 is 2.12 bits per heavy atom. The molecule has 1 aromatic carbocycles. The fraction of sp³-hybridized carbons (Fsp3) is 0.500. The minimum atomic E-state index is -0.191. The van der Waals surface area contributed by atoms with Gasteiger partial charge in [-0.05, 0) is 61.7 Å². The molecule has 0 amide bonds. The van der Waals surface area contributed by atoms with E-state index in [1.54, 1.807) is 30.6 Å². The van der Waals surface area contributed by atoms with Crippen molar-refractivity contribution in [3.63, 3.8) is 0 Å². The molecule has 1 fully saturated rings. The molecular weight excluding hydrogens is 373 g/mol. The summed E-state index contributed by atoms with van der Waals surface area (Å²) in [6, 6.07) is 5.24. The van der Waals surface area contributed by atoms with E-state index in [1.807, 2.05) is 11.4 Å². The Labute approximate surface area is 164 Å². The van der Waals surface area contributed by atoms with Gasteiger partial charge in [0.15, 0.2) is 0 Å². The predicted octanol–water partition coefficient (Wildman–Crippen LogP) is 4.90. The Morgan fingerprint density at radius 3 is 2.88 bits per heavy atom. The molecule has 0 radical (unpaired) electrons. The molecule has 2 aromatic rings. The normalized spacial score (nSPS) is 17.0. The first-order chi connectivity index (χ1) is 12.2. The van der Waals surface area contributed by atoms with Gasteiger partial charge < -0.3 is 14.8 Å². The zero-order chi connectivity index (χ0) is 17.3. The zero-order valence-electron chi connectivity index (χ0n) is 15.0. The van der Waals surface area contributed by atoms with Crippen LogP contribution in [0.4, 0.5) is 4.39 Å². The number of methoxy groups -OCH3 is 1. The summed E-state index contributed by atoms with van der Waals surface area (Å²) >= 11 is 1.69. The molecule has 1 spiro atoms. The van der Waals surface area contributed by atoms with Gasteiger partial charge in [-0.25, -0.2) is 4.39 Å². The maximum Gasteiger partial charge on any atom is 0.134 e. The average molecular weight is 398 g/mol. The van der Waals surface area contributed by atoms with Crippen molar-refractivity contribution in [2.45, 2.75) is 50.7 Å². The number of thiophene rings is 1. The highest BCUT2D eigenvalue weighted by molar-refractivity contribution is 7.10. The monoisotopic (exact) mass is 397 g/mol. The van der Waals surface area contributed by atoms with Gasteiger partial charge in [-0.1, -0.05) is 0 Å². The maximum absolute atomic E-state index is 14.0. The van der Waals surface area contributed by atoms with E-state index < -0.39 is 0 Å². The van der Waals surface area contributed by atoms with Gasteiger partial charge in [-0.15, -0.1) is 23.7 Å². The fourth-order valence-corrected chi connectivity index (χ4v) is 4.94. The lowest BCUT2D eigenvalue weighted by atomic mass is 9.92. The van der Waals surface area contributed by atoms with Crippen molar-refractivity contribution >= 4 is 23.7 Å². The first-order valence-corrected chi connectivity index (χ1v) is 9.88. The third kappa shape index (κ3) is 3.85. The van der Waals surface area contributed by atoms with Crippen molar-refractivity contribution in [1.82, 2.24) is 5.32 Å². The van der Waals surface area contributed by atoms with Crippen molar-refractivity contribution in [2.24, 2.45) is 0 Å². The summed E-state index contributed by atoms with van der Waals surface area (Å²) in [5, 5.41) is 5.49. The van der Waals surface area contributed by atoms with Crippen molar-refractivity contribution in [2.75, 3.05) is 13.7 Å². The molecule has 2 heterocycles. The number of hydrogen-bond acceptors (Lipinski definition) is 4. The van der Waals surface area contributed by atoms with Gasteiger partial charge in [-0.3, -0.25) is 0 Å². The smallest absolute Gasteiger partial charge is 0.134 e. The Bertz CT molecular complexity index is 758. The number of nitrogens with one attached hydrogen (secondary N) is 1. The van der Waals surface area contributed by atoms with Gasteiger partial charge >= 0.3 is 0 Å². The Hall–Kier alpha value is -1.30. The van der Waals surface area contributed by atoms with Gasteiger partial charge in [0, 0.05) is 24.6 Å². The Morgan fingerprint density at radius 1 is 1.31 bits per heavy atom. The number of fused-ring (bicyclic) bond motifs is 1. The van der Waals surface area contributed by atoms with Gasteiger partial charge in [0.2, 0.25) is 0 Å². The molecule has 0 bridgehead atoms. The lowest BCUT2D eigenvalue weighted by molar-refractivity contribution is 0.103. The lowest BCUT2D eigenvalue weighted by Crippen LogP contribution is -2.30. The molecule has 6 heteroatoms. The van der Waals surface area contributed by atoms with Crippen LogP contribution in [0.15, 0.2) is 23.6 Å². The molecule has 26 heavy (non-hydrogen) atoms. The van der Waals surface area contributed by atoms with Crippen LogP contribution in [0, 0.1) is 5.82 Å². The van der Waals surface area contributed by atoms with Crippen LogP contribution in [-0.2, 0) is 19.4 Å². The van der Waals surface area contributed by atoms with Crippen molar-refractivity contribution < 1.29 is 13.9 Å². The van der Waals surface area contributed by atoms with E-state index in [2.05, 4.69) is 5.32 Å². The van der Waals surface area contributed by atoms with E-state index >= 15 is 0 Å². The van der Waals surface area contributed by atoms with E-state index in [0.717, 1.165) is 55.8 Å².